The van der Waals surface area contributed by atoms with Crippen molar-refractivity contribution in [3.05, 3.63) is 12.3 Å². The van der Waals surface area contributed by atoms with Gasteiger partial charge in [0.25, 0.3) is 0 Å². The molecule has 1 rings (SSSR count). The van der Waals surface area contributed by atoms with Crippen molar-refractivity contribution in [1.29, 1.82) is 5.41 Å². The third-order valence-corrected chi connectivity index (χ3v) is 1.74. The van der Waals surface area contributed by atoms with Gasteiger partial charge < -0.3 is 9.80 Å². The Labute approximate surface area is 83.9 Å². The molecule has 0 saturated heterocycles. The molecular weight excluding hydrogens is 197 g/mol. The fourth-order valence-corrected chi connectivity index (χ4v) is 1.19. The Hall–Kier alpha value is -0.410. The van der Waals surface area contributed by atoms with E-state index < -0.39 is 0 Å². The maximum atomic E-state index is 7.49. The maximum absolute atomic E-state index is 7.49. The van der Waals surface area contributed by atoms with E-state index in [4.69, 9.17) is 17.0 Å². The smallest absolute Gasteiger partial charge is 0.123 e. The molecule has 0 amide bonds. The molecule has 0 unspecified atom stereocenters. The van der Waals surface area contributed by atoms with Crippen LogP contribution < -0.4 is 0 Å². The molecule has 1 aliphatic rings. The fourth-order valence-electron chi connectivity index (χ4n) is 0.989. The average Bonchev–Trinajstić information content (AvgIpc) is 1.98. The van der Waals surface area contributed by atoms with E-state index in [1.54, 1.807) is 6.08 Å². The molecule has 0 aliphatic carbocycles. The van der Waals surface area contributed by atoms with Crippen molar-refractivity contribution in [2.24, 2.45) is 0 Å². The fraction of sp³-hybridized carbons (Fsp3) is 0.571. The van der Waals surface area contributed by atoms with E-state index in [1.165, 1.54) is 0 Å². The molecule has 70 valence electrons. The van der Waals surface area contributed by atoms with Gasteiger partial charge in [0.15, 0.2) is 0 Å². The van der Waals surface area contributed by atoms with E-state index in [-0.39, 0.29) is 12.4 Å². The standard InChI is InChI=1S/C7H12ClN3.ClH/c1-10-4-2-7(9)11(6-10)5-3-8;/h2,4,9H,3,5-6H2,1H3;1H. The van der Waals surface area contributed by atoms with Gasteiger partial charge in [0.1, 0.15) is 5.84 Å². The van der Waals surface area contributed by atoms with E-state index in [1.807, 2.05) is 23.0 Å². The molecule has 1 aliphatic heterocycles. The summed E-state index contributed by atoms with van der Waals surface area (Å²) in [5.41, 5.74) is 0. The maximum Gasteiger partial charge on any atom is 0.123 e. The number of halogens is 2. The first kappa shape index (κ1) is 11.6. The van der Waals surface area contributed by atoms with E-state index in [0.29, 0.717) is 11.7 Å². The van der Waals surface area contributed by atoms with Crippen molar-refractivity contribution < 1.29 is 0 Å². The van der Waals surface area contributed by atoms with Crippen molar-refractivity contribution in [3.63, 3.8) is 0 Å². The van der Waals surface area contributed by atoms with Crippen LogP contribution in [-0.2, 0) is 0 Å². The van der Waals surface area contributed by atoms with Gasteiger partial charge in [-0.2, -0.15) is 0 Å². The van der Waals surface area contributed by atoms with Gasteiger partial charge in [-0.15, -0.1) is 24.0 Å². The predicted octanol–water partition coefficient (Wildman–Crippen LogP) is 1.34. The molecule has 0 radical (unpaired) electrons. The predicted molar refractivity (Wildman–Crippen MR) is 54.2 cm³/mol. The van der Waals surface area contributed by atoms with Gasteiger partial charge in [-0.3, -0.25) is 5.41 Å². The zero-order valence-corrected chi connectivity index (χ0v) is 8.53. The highest BCUT2D eigenvalue weighted by atomic mass is 35.5. The normalized spacial score (nSPS) is 16.3. The van der Waals surface area contributed by atoms with Crippen LogP contribution in [0.5, 0.6) is 0 Å². The molecule has 0 atom stereocenters. The van der Waals surface area contributed by atoms with Gasteiger partial charge in [0.2, 0.25) is 0 Å². The minimum absolute atomic E-state index is 0. The van der Waals surface area contributed by atoms with Gasteiger partial charge in [0.05, 0.1) is 6.67 Å². The number of amidine groups is 1. The number of nitrogens with one attached hydrogen (secondary N) is 1. The number of hydrogen-bond acceptors (Lipinski definition) is 2. The molecule has 5 heteroatoms. The van der Waals surface area contributed by atoms with E-state index in [2.05, 4.69) is 0 Å². The highest BCUT2D eigenvalue weighted by molar-refractivity contribution is 6.18. The monoisotopic (exact) mass is 209 g/mol. The molecule has 1 heterocycles. The highest BCUT2D eigenvalue weighted by Crippen LogP contribution is 2.02. The topological polar surface area (TPSA) is 30.3 Å². The van der Waals surface area contributed by atoms with Gasteiger partial charge in [0, 0.05) is 25.7 Å². The first-order chi connectivity index (χ1) is 5.24. The Morgan fingerprint density at radius 2 is 2.33 bits per heavy atom. The first-order valence-corrected chi connectivity index (χ1v) is 4.05. The lowest BCUT2D eigenvalue weighted by atomic mass is 10.4. The van der Waals surface area contributed by atoms with E-state index >= 15 is 0 Å². The lowest BCUT2D eigenvalue weighted by Crippen LogP contribution is -2.41. The van der Waals surface area contributed by atoms with Gasteiger partial charge in [-0.25, -0.2) is 0 Å². The number of alkyl halides is 1. The van der Waals surface area contributed by atoms with E-state index in [0.717, 1.165) is 13.2 Å². The van der Waals surface area contributed by atoms with Crippen LogP contribution in [0.3, 0.4) is 0 Å². The summed E-state index contributed by atoms with van der Waals surface area (Å²) in [5.74, 6) is 1.12. The van der Waals surface area contributed by atoms with Crippen molar-refractivity contribution in [2.45, 2.75) is 0 Å². The van der Waals surface area contributed by atoms with Crippen LogP contribution >= 0.6 is 24.0 Å². The summed E-state index contributed by atoms with van der Waals surface area (Å²) in [6.07, 6.45) is 3.67. The summed E-state index contributed by atoms with van der Waals surface area (Å²) < 4.78 is 0. The molecule has 1 N–H and O–H groups in total. The van der Waals surface area contributed by atoms with Gasteiger partial charge >= 0.3 is 0 Å². The zero-order valence-electron chi connectivity index (χ0n) is 6.96. The quantitative estimate of drug-likeness (QED) is 0.697. The minimum Gasteiger partial charge on any atom is -0.363 e. The van der Waals surface area contributed by atoms with Crippen LogP contribution in [0.4, 0.5) is 0 Å². The molecule has 0 spiro atoms. The largest absolute Gasteiger partial charge is 0.363 e. The van der Waals surface area contributed by atoms with Crippen molar-refractivity contribution in [3.8, 4) is 0 Å². The second-order valence-electron chi connectivity index (χ2n) is 2.55. The molecular formula is C7H13Cl2N3. The van der Waals surface area contributed by atoms with Crippen LogP contribution in [0, 0.1) is 5.41 Å². The first-order valence-electron chi connectivity index (χ1n) is 3.52. The van der Waals surface area contributed by atoms with Gasteiger partial charge in [-0.05, 0) is 6.08 Å². The van der Waals surface area contributed by atoms with Gasteiger partial charge in [-0.1, -0.05) is 0 Å². The molecule has 12 heavy (non-hydrogen) atoms. The highest BCUT2D eigenvalue weighted by Gasteiger charge is 2.11. The van der Waals surface area contributed by atoms with Crippen LogP contribution in [0.15, 0.2) is 12.3 Å². The Morgan fingerprint density at radius 1 is 1.67 bits per heavy atom. The third kappa shape index (κ3) is 2.91. The second-order valence-corrected chi connectivity index (χ2v) is 2.93. The number of rotatable bonds is 2. The molecule has 0 aromatic carbocycles. The van der Waals surface area contributed by atoms with Crippen molar-refractivity contribution >= 4 is 29.8 Å². The summed E-state index contributed by atoms with van der Waals surface area (Å²) in [7, 11) is 1.98. The Kier molecular flexibility index (Phi) is 5.09. The molecule has 0 bridgehead atoms. The summed E-state index contributed by atoms with van der Waals surface area (Å²) in [5, 5.41) is 7.49. The lowest BCUT2D eigenvalue weighted by Gasteiger charge is -2.31. The Balaban J connectivity index is 0.00000121. The molecule has 0 fully saturated rings. The van der Waals surface area contributed by atoms with Crippen LogP contribution in [0.2, 0.25) is 0 Å². The molecule has 0 aromatic heterocycles. The minimum atomic E-state index is 0. The average molecular weight is 210 g/mol. The SMILES string of the molecule is CN1C=CC(=N)N(CCCl)C1.Cl. The summed E-state index contributed by atoms with van der Waals surface area (Å²) in [6, 6.07) is 0. The molecule has 0 saturated carbocycles. The summed E-state index contributed by atoms with van der Waals surface area (Å²) in [4.78, 5) is 3.94. The molecule has 3 nitrogen and oxygen atoms in total. The summed E-state index contributed by atoms with van der Waals surface area (Å²) in [6.45, 7) is 1.51. The second kappa shape index (κ2) is 5.27. The Bertz CT molecular complexity index is 181. The lowest BCUT2D eigenvalue weighted by molar-refractivity contribution is 0.280. The summed E-state index contributed by atoms with van der Waals surface area (Å²) >= 11 is 5.57. The van der Waals surface area contributed by atoms with Crippen LogP contribution in [0.25, 0.3) is 0 Å². The van der Waals surface area contributed by atoms with Crippen LogP contribution in [0.1, 0.15) is 0 Å². The van der Waals surface area contributed by atoms with Crippen LogP contribution in [-0.4, -0.2) is 41.8 Å². The van der Waals surface area contributed by atoms with Crippen molar-refractivity contribution in [2.75, 3.05) is 26.1 Å². The number of hydrogen-bond donors (Lipinski definition) is 1. The number of nitrogens with zero attached hydrogens (tertiary/aromatic N) is 2. The van der Waals surface area contributed by atoms with Crippen molar-refractivity contribution in [1.82, 2.24) is 9.80 Å². The Morgan fingerprint density at radius 3 is 2.92 bits per heavy atom. The molecule has 0 aromatic rings. The van der Waals surface area contributed by atoms with E-state index in [9.17, 15) is 0 Å². The third-order valence-electron chi connectivity index (χ3n) is 1.58. The zero-order chi connectivity index (χ0) is 8.27.